The van der Waals surface area contributed by atoms with Crippen LogP contribution in [0.4, 0.5) is 4.39 Å². The molecule has 2 aromatic carbocycles. The summed E-state index contributed by atoms with van der Waals surface area (Å²) < 4.78 is 20.1. The number of aromatic nitrogens is 2. The van der Waals surface area contributed by atoms with Crippen LogP contribution >= 0.6 is 0 Å². The lowest BCUT2D eigenvalue weighted by Gasteiger charge is -2.16. The summed E-state index contributed by atoms with van der Waals surface area (Å²) in [5.41, 5.74) is 1.61. The van der Waals surface area contributed by atoms with E-state index in [-0.39, 0.29) is 19.0 Å². The van der Waals surface area contributed by atoms with Crippen LogP contribution in [0.1, 0.15) is 18.9 Å². The van der Waals surface area contributed by atoms with Crippen LogP contribution in [0.15, 0.2) is 48.5 Å². The van der Waals surface area contributed by atoms with Crippen molar-refractivity contribution in [3.8, 4) is 5.75 Å². The molecule has 0 bridgehead atoms. The van der Waals surface area contributed by atoms with E-state index in [0.29, 0.717) is 11.6 Å². The Kier molecular flexibility index (Phi) is 4.78. The molecule has 0 fully saturated rings. The molecule has 0 radical (unpaired) electrons. The van der Waals surface area contributed by atoms with E-state index in [1.807, 2.05) is 24.3 Å². The van der Waals surface area contributed by atoms with E-state index >= 15 is 0 Å². The van der Waals surface area contributed by atoms with Gasteiger partial charge in [-0.3, -0.25) is 0 Å². The van der Waals surface area contributed by atoms with Gasteiger partial charge >= 0.3 is 0 Å². The van der Waals surface area contributed by atoms with Gasteiger partial charge in [-0.1, -0.05) is 12.1 Å². The minimum absolute atomic E-state index is 0.0530. The fraction of sp³-hybridized carbons (Fsp3) is 0.278. The van der Waals surface area contributed by atoms with Gasteiger partial charge in [0.15, 0.2) is 0 Å². The molecule has 0 saturated heterocycles. The predicted octanol–water partition coefficient (Wildman–Crippen LogP) is 2.67. The van der Waals surface area contributed by atoms with E-state index in [1.54, 1.807) is 11.5 Å². The zero-order valence-corrected chi connectivity index (χ0v) is 13.3. The highest BCUT2D eigenvalue weighted by atomic mass is 19.1. The average molecular weight is 330 g/mol. The molecule has 2 atom stereocenters. The zero-order valence-electron chi connectivity index (χ0n) is 13.3. The van der Waals surface area contributed by atoms with Crippen LogP contribution in [0.3, 0.4) is 0 Å². The zero-order chi connectivity index (χ0) is 17.1. The second-order valence-electron chi connectivity index (χ2n) is 5.66. The maximum absolute atomic E-state index is 12.9. The summed E-state index contributed by atoms with van der Waals surface area (Å²) in [5, 5.41) is 20.2. The number of para-hydroxylation sites is 2. The normalized spacial score (nSPS) is 13.8. The first-order valence-electron chi connectivity index (χ1n) is 7.74. The summed E-state index contributed by atoms with van der Waals surface area (Å²) >= 11 is 0. The first kappa shape index (κ1) is 16.4. The molecule has 0 aliphatic rings. The summed E-state index contributed by atoms with van der Waals surface area (Å²) in [6.45, 7) is 1.93. The Labute approximate surface area is 139 Å². The van der Waals surface area contributed by atoms with Crippen LogP contribution in [-0.4, -0.2) is 32.5 Å². The summed E-state index contributed by atoms with van der Waals surface area (Å²) in [6, 6.07) is 13.1. The number of hydrogen-bond donors (Lipinski definition) is 2. The predicted molar refractivity (Wildman–Crippen MR) is 88.3 cm³/mol. The molecule has 1 heterocycles. The van der Waals surface area contributed by atoms with Gasteiger partial charge in [-0.25, -0.2) is 9.37 Å². The average Bonchev–Trinajstić information content (AvgIpc) is 2.93. The van der Waals surface area contributed by atoms with Crippen molar-refractivity contribution < 1.29 is 19.3 Å². The lowest BCUT2D eigenvalue weighted by atomic mass is 10.3. The van der Waals surface area contributed by atoms with Gasteiger partial charge < -0.3 is 19.5 Å². The Morgan fingerprint density at radius 1 is 1.12 bits per heavy atom. The maximum atomic E-state index is 12.9. The van der Waals surface area contributed by atoms with Crippen molar-refractivity contribution in [2.24, 2.45) is 0 Å². The Morgan fingerprint density at radius 2 is 1.83 bits per heavy atom. The second-order valence-corrected chi connectivity index (χ2v) is 5.66. The first-order chi connectivity index (χ1) is 11.5. The highest BCUT2D eigenvalue weighted by molar-refractivity contribution is 5.76. The Hall–Kier alpha value is -2.44. The molecule has 126 valence electrons. The van der Waals surface area contributed by atoms with Crippen LogP contribution in [0.25, 0.3) is 11.0 Å². The van der Waals surface area contributed by atoms with Crippen LogP contribution in [0.5, 0.6) is 5.75 Å². The molecular formula is C18H19FN2O3. The molecule has 3 aromatic rings. The molecule has 24 heavy (non-hydrogen) atoms. The summed E-state index contributed by atoms with van der Waals surface area (Å²) in [5.74, 6) is 0.646. The molecule has 0 amide bonds. The van der Waals surface area contributed by atoms with Gasteiger partial charge in [-0.2, -0.15) is 0 Å². The standard InChI is InChI=1S/C18H19FN2O3/c1-12(22)18-20-16-4-2-3-5-17(16)21(18)10-14(23)11-24-15-8-6-13(19)7-9-15/h2-9,12,14,22-23H,10-11H2,1H3/t12-,14+/m1/s1. The number of aliphatic hydroxyl groups is 2. The van der Waals surface area contributed by atoms with Gasteiger partial charge in [-0.15, -0.1) is 0 Å². The minimum atomic E-state index is -0.801. The van der Waals surface area contributed by atoms with E-state index in [1.165, 1.54) is 24.3 Å². The van der Waals surface area contributed by atoms with Gasteiger partial charge in [-0.05, 0) is 43.3 Å². The van der Waals surface area contributed by atoms with Crippen LogP contribution in [0.2, 0.25) is 0 Å². The molecule has 0 aliphatic heterocycles. The molecule has 6 heteroatoms. The molecule has 3 rings (SSSR count). The Bertz CT molecular complexity index is 815. The van der Waals surface area contributed by atoms with Crippen molar-refractivity contribution in [2.75, 3.05) is 6.61 Å². The second kappa shape index (κ2) is 6.98. The summed E-state index contributed by atoms with van der Waals surface area (Å²) in [7, 11) is 0. The van der Waals surface area contributed by atoms with E-state index in [2.05, 4.69) is 4.98 Å². The first-order valence-corrected chi connectivity index (χ1v) is 7.74. The monoisotopic (exact) mass is 330 g/mol. The number of nitrogens with zero attached hydrogens (tertiary/aromatic N) is 2. The highest BCUT2D eigenvalue weighted by Crippen LogP contribution is 2.21. The lowest BCUT2D eigenvalue weighted by molar-refractivity contribution is 0.0895. The van der Waals surface area contributed by atoms with E-state index in [4.69, 9.17) is 4.74 Å². The van der Waals surface area contributed by atoms with E-state index in [0.717, 1.165) is 11.0 Å². The molecule has 0 spiro atoms. The quantitative estimate of drug-likeness (QED) is 0.729. The summed E-state index contributed by atoms with van der Waals surface area (Å²) in [6.07, 6.45) is -1.55. The third-order valence-corrected chi connectivity index (χ3v) is 3.71. The number of hydrogen-bond acceptors (Lipinski definition) is 4. The molecule has 2 N–H and O–H groups in total. The maximum Gasteiger partial charge on any atom is 0.138 e. The third kappa shape index (κ3) is 3.55. The molecular weight excluding hydrogens is 311 g/mol. The molecule has 1 aromatic heterocycles. The van der Waals surface area contributed by atoms with Gasteiger partial charge in [0, 0.05) is 0 Å². The van der Waals surface area contributed by atoms with E-state index in [9.17, 15) is 14.6 Å². The van der Waals surface area contributed by atoms with Crippen LogP contribution in [-0.2, 0) is 6.54 Å². The van der Waals surface area contributed by atoms with Crippen LogP contribution in [0, 0.1) is 5.82 Å². The third-order valence-electron chi connectivity index (χ3n) is 3.71. The lowest BCUT2D eigenvalue weighted by Crippen LogP contribution is -2.25. The number of aliphatic hydroxyl groups excluding tert-OH is 2. The smallest absolute Gasteiger partial charge is 0.138 e. The fourth-order valence-corrected chi connectivity index (χ4v) is 2.59. The Balaban J connectivity index is 1.73. The van der Waals surface area contributed by atoms with Crippen molar-refractivity contribution in [1.29, 1.82) is 0 Å². The largest absolute Gasteiger partial charge is 0.491 e. The molecule has 0 aliphatic carbocycles. The fourth-order valence-electron chi connectivity index (χ4n) is 2.59. The van der Waals surface area contributed by atoms with Gasteiger partial charge in [0.05, 0.1) is 17.6 Å². The topological polar surface area (TPSA) is 67.5 Å². The number of benzene rings is 2. The van der Waals surface area contributed by atoms with Gasteiger partial charge in [0.25, 0.3) is 0 Å². The summed E-state index contributed by atoms with van der Waals surface area (Å²) in [4.78, 5) is 4.41. The number of fused-ring (bicyclic) bond motifs is 1. The van der Waals surface area contributed by atoms with Crippen molar-refractivity contribution in [2.45, 2.75) is 25.7 Å². The highest BCUT2D eigenvalue weighted by Gasteiger charge is 2.17. The SMILES string of the molecule is C[C@@H](O)c1nc2ccccc2n1C[C@H](O)COc1ccc(F)cc1. The van der Waals surface area contributed by atoms with Gasteiger partial charge in [0.2, 0.25) is 0 Å². The van der Waals surface area contributed by atoms with Crippen LogP contribution < -0.4 is 4.74 Å². The van der Waals surface area contributed by atoms with Crippen molar-refractivity contribution in [1.82, 2.24) is 9.55 Å². The molecule has 5 nitrogen and oxygen atoms in total. The van der Waals surface area contributed by atoms with Gasteiger partial charge in [0.1, 0.15) is 36.2 Å². The molecule has 0 saturated carbocycles. The van der Waals surface area contributed by atoms with Crippen molar-refractivity contribution in [3.05, 3.63) is 60.2 Å². The number of ether oxygens (including phenoxy) is 1. The minimum Gasteiger partial charge on any atom is -0.491 e. The van der Waals surface area contributed by atoms with Crippen molar-refractivity contribution in [3.63, 3.8) is 0 Å². The number of rotatable bonds is 6. The van der Waals surface area contributed by atoms with Crippen molar-refractivity contribution >= 4 is 11.0 Å². The number of imidazole rings is 1. The number of halogens is 1. The van der Waals surface area contributed by atoms with E-state index < -0.39 is 12.2 Å². The molecule has 0 unspecified atom stereocenters. The Morgan fingerprint density at radius 3 is 2.54 bits per heavy atom.